The lowest BCUT2D eigenvalue weighted by molar-refractivity contribution is 0.624. The number of fused-ring (bicyclic) bond motifs is 1. The fourth-order valence-electron chi connectivity index (χ4n) is 1.85. The first-order valence-electron chi connectivity index (χ1n) is 5.64. The Hall–Kier alpha value is -2.46. The summed E-state index contributed by atoms with van der Waals surface area (Å²) in [5.41, 5.74) is 0.878. The normalized spacial score (nSPS) is 10.4. The molecule has 1 aromatic carbocycles. The summed E-state index contributed by atoms with van der Waals surface area (Å²) in [7, 11) is 0. The molecule has 20 heavy (non-hydrogen) atoms. The molecular weight excluding hydrogens is 325 g/mol. The van der Waals surface area contributed by atoms with Crippen LogP contribution in [0, 0.1) is 17.1 Å². The smallest absolute Gasteiger partial charge is 0.180 e. The standard InChI is InChI=1S/C13H7BrFN5/c14-11-7-20-5-4-17-13(20)12(19-11)18-10-3-1-2-9(15)8(10)6-16/h1-5,7H,(H,18,19). The van der Waals surface area contributed by atoms with Gasteiger partial charge in [0.05, 0.1) is 5.69 Å². The van der Waals surface area contributed by atoms with Gasteiger partial charge in [-0.3, -0.25) is 0 Å². The second-order valence-electron chi connectivity index (χ2n) is 3.97. The molecule has 0 atom stereocenters. The zero-order valence-electron chi connectivity index (χ0n) is 10.0. The molecular formula is C13H7BrFN5. The second kappa shape index (κ2) is 4.90. The number of rotatable bonds is 2. The van der Waals surface area contributed by atoms with E-state index in [4.69, 9.17) is 5.26 Å². The van der Waals surface area contributed by atoms with Crippen LogP contribution in [0.15, 0.2) is 41.4 Å². The summed E-state index contributed by atoms with van der Waals surface area (Å²) in [5, 5.41) is 12.0. The number of hydrogen-bond donors (Lipinski definition) is 1. The minimum atomic E-state index is -0.577. The van der Waals surface area contributed by atoms with Gasteiger partial charge in [-0.15, -0.1) is 0 Å². The molecule has 2 aromatic heterocycles. The molecule has 5 nitrogen and oxygen atoms in total. The quantitative estimate of drug-likeness (QED) is 0.782. The summed E-state index contributed by atoms with van der Waals surface area (Å²) in [6, 6.07) is 6.22. The molecule has 0 spiro atoms. The number of hydrogen-bond acceptors (Lipinski definition) is 4. The Morgan fingerprint density at radius 1 is 1.40 bits per heavy atom. The van der Waals surface area contributed by atoms with E-state index in [2.05, 4.69) is 31.2 Å². The third-order valence-corrected chi connectivity index (χ3v) is 3.11. The van der Waals surface area contributed by atoms with Crippen molar-refractivity contribution in [3.63, 3.8) is 0 Å². The fraction of sp³-hybridized carbons (Fsp3) is 0. The molecule has 0 amide bonds. The van der Waals surface area contributed by atoms with Crippen LogP contribution in [0.3, 0.4) is 0 Å². The summed E-state index contributed by atoms with van der Waals surface area (Å²) in [6.45, 7) is 0. The molecule has 0 aliphatic carbocycles. The molecule has 3 rings (SSSR count). The Kier molecular flexibility index (Phi) is 3.08. The van der Waals surface area contributed by atoms with Crippen molar-refractivity contribution < 1.29 is 4.39 Å². The molecule has 0 radical (unpaired) electrons. The van der Waals surface area contributed by atoms with E-state index in [0.717, 1.165) is 0 Å². The fourth-order valence-corrected chi connectivity index (χ4v) is 2.25. The van der Waals surface area contributed by atoms with Gasteiger partial charge in [0.25, 0.3) is 0 Å². The van der Waals surface area contributed by atoms with Crippen molar-refractivity contribution in [3.8, 4) is 6.07 Å². The number of nitrogens with one attached hydrogen (secondary N) is 1. The monoisotopic (exact) mass is 331 g/mol. The second-order valence-corrected chi connectivity index (χ2v) is 4.78. The Morgan fingerprint density at radius 2 is 2.25 bits per heavy atom. The highest BCUT2D eigenvalue weighted by Crippen LogP contribution is 2.25. The van der Waals surface area contributed by atoms with Crippen LogP contribution >= 0.6 is 15.9 Å². The number of aromatic nitrogens is 3. The molecule has 7 heteroatoms. The molecule has 1 N–H and O–H groups in total. The zero-order chi connectivity index (χ0) is 14.1. The molecule has 0 aliphatic rings. The maximum absolute atomic E-state index is 13.6. The molecule has 0 bridgehead atoms. The molecule has 0 saturated carbocycles. The van der Waals surface area contributed by atoms with Crippen molar-refractivity contribution >= 4 is 33.1 Å². The van der Waals surface area contributed by atoms with E-state index in [-0.39, 0.29) is 5.56 Å². The highest BCUT2D eigenvalue weighted by molar-refractivity contribution is 9.10. The highest BCUT2D eigenvalue weighted by Gasteiger charge is 2.11. The average Bonchev–Trinajstić information content (AvgIpc) is 2.87. The first kappa shape index (κ1) is 12.6. The van der Waals surface area contributed by atoms with Gasteiger partial charge in [-0.25, -0.2) is 14.4 Å². The molecule has 0 saturated heterocycles. The van der Waals surface area contributed by atoms with E-state index >= 15 is 0 Å². The van der Waals surface area contributed by atoms with E-state index in [1.54, 1.807) is 29.1 Å². The van der Waals surface area contributed by atoms with Gasteiger partial charge in [0.2, 0.25) is 0 Å². The number of imidazole rings is 1. The van der Waals surface area contributed by atoms with Gasteiger partial charge in [-0.05, 0) is 28.1 Å². The third-order valence-electron chi connectivity index (χ3n) is 2.72. The highest BCUT2D eigenvalue weighted by atomic mass is 79.9. The van der Waals surface area contributed by atoms with E-state index in [1.165, 1.54) is 12.1 Å². The maximum atomic E-state index is 13.6. The first-order chi connectivity index (χ1) is 9.69. The molecule has 3 aromatic rings. The summed E-state index contributed by atoms with van der Waals surface area (Å²) >= 11 is 3.29. The minimum absolute atomic E-state index is 0.0565. The summed E-state index contributed by atoms with van der Waals surface area (Å²) in [6.07, 6.45) is 5.15. The van der Waals surface area contributed by atoms with E-state index < -0.39 is 5.82 Å². The summed E-state index contributed by atoms with van der Waals surface area (Å²) in [4.78, 5) is 8.44. The summed E-state index contributed by atoms with van der Waals surface area (Å²) in [5.74, 6) is -0.140. The van der Waals surface area contributed by atoms with E-state index in [1.807, 2.05) is 6.07 Å². The van der Waals surface area contributed by atoms with Crippen LogP contribution in [-0.4, -0.2) is 14.4 Å². The van der Waals surface area contributed by atoms with Crippen LogP contribution in [0.5, 0.6) is 0 Å². The lowest BCUT2D eigenvalue weighted by Crippen LogP contribution is -2.01. The van der Waals surface area contributed by atoms with Crippen molar-refractivity contribution in [2.45, 2.75) is 0 Å². The van der Waals surface area contributed by atoms with Crippen molar-refractivity contribution in [2.75, 3.05) is 5.32 Å². The van der Waals surface area contributed by atoms with Crippen LogP contribution in [0.2, 0.25) is 0 Å². The Labute approximate surface area is 121 Å². The topological polar surface area (TPSA) is 66.0 Å². The van der Waals surface area contributed by atoms with E-state index in [0.29, 0.717) is 21.8 Å². The predicted molar refractivity (Wildman–Crippen MR) is 75.1 cm³/mol. The molecule has 2 heterocycles. The third kappa shape index (κ3) is 2.10. The first-order valence-corrected chi connectivity index (χ1v) is 6.43. The van der Waals surface area contributed by atoms with Gasteiger partial charge < -0.3 is 9.72 Å². The molecule has 98 valence electrons. The number of anilines is 2. The maximum Gasteiger partial charge on any atom is 0.180 e. The van der Waals surface area contributed by atoms with Crippen LogP contribution in [0.1, 0.15) is 5.56 Å². The molecule has 0 aliphatic heterocycles. The van der Waals surface area contributed by atoms with Gasteiger partial charge >= 0.3 is 0 Å². The predicted octanol–water partition coefficient (Wildman–Crippen LogP) is 3.25. The molecule has 0 unspecified atom stereocenters. The van der Waals surface area contributed by atoms with Crippen molar-refractivity contribution in [1.29, 1.82) is 5.26 Å². The van der Waals surface area contributed by atoms with Crippen molar-refractivity contribution in [1.82, 2.24) is 14.4 Å². The summed E-state index contributed by atoms with van der Waals surface area (Å²) < 4.78 is 15.9. The Morgan fingerprint density at radius 3 is 3.05 bits per heavy atom. The Balaban J connectivity index is 2.13. The van der Waals surface area contributed by atoms with Crippen LogP contribution in [0.25, 0.3) is 5.65 Å². The largest absolute Gasteiger partial charge is 0.336 e. The number of benzene rings is 1. The number of nitriles is 1. The minimum Gasteiger partial charge on any atom is -0.336 e. The van der Waals surface area contributed by atoms with Crippen LogP contribution in [-0.2, 0) is 0 Å². The number of nitrogens with zero attached hydrogens (tertiary/aromatic N) is 4. The Bertz CT molecular complexity index is 836. The van der Waals surface area contributed by atoms with Crippen LogP contribution < -0.4 is 5.32 Å². The zero-order valence-corrected chi connectivity index (χ0v) is 11.6. The van der Waals surface area contributed by atoms with Gasteiger partial charge in [-0.1, -0.05) is 6.07 Å². The average molecular weight is 332 g/mol. The van der Waals surface area contributed by atoms with Gasteiger partial charge in [0, 0.05) is 18.6 Å². The lowest BCUT2D eigenvalue weighted by atomic mass is 10.2. The van der Waals surface area contributed by atoms with Gasteiger partial charge in [0.1, 0.15) is 22.1 Å². The van der Waals surface area contributed by atoms with Gasteiger partial charge in [-0.2, -0.15) is 5.26 Å². The van der Waals surface area contributed by atoms with Crippen molar-refractivity contribution in [2.24, 2.45) is 0 Å². The lowest BCUT2D eigenvalue weighted by Gasteiger charge is -2.09. The van der Waals surface area contributed by atoms with Crippen molar-refractivity contribution in [3.05, 3.63) is 52.8 Å². The van der Waals surface area contributed by atoms with Gasteiger partial charge in [0.15, 0.2) is 11.5 Å². The molecule has 0 fully saturated rings. The van der Waals surface area contributed by atoms with E-state index in [9.17, 15) is 4.39 Å². The SMILES string of the molecule is N#Cc1c(F)cccc1Nc1nc(Br)cn2ccnc12. The number of halogens is 2. The van der Waals surface area contributed by atoms with Crippen LogP contribution in [0.4, 0.5) is 15.9 Å².